The third-order valence-corrected chi connectivity index (χ3v) is 5.98. The predicted octanol–water partition coefficient (Wildman–Crippen LogP) is 3.89. The quantitative estimate of drug-likeness (QED) is 0.426. The minimum atomic E-state index is -0.576. The number of aliphatic hydroxyl groups is 2. The Hall–Kier alpha value is -3.65. The van der Waals surface area contributed by atoms with E-state index in [2.05, 4.69) is 10.5 Å². The SMILES string of the molecule is COc1cc(/C(O)=C2\C(=O)Nc3cc(F)c(-c4ccc(C5(CO)CC5)cc4)cc32)on1. The fourth-order valence-electron chi connectivity index (χ4n) is 3.93. The summed E-state index contributed by atoms with van der Waals surface area (Å²) in [5.41, 5.74) is 2.33. The predicted molar refractivity (Wildman–Crippen MR) is 111 cm³/mol. The van der Waals surface area contributed by atoms with Crippen LogP contribution in [-0.2, 0) is 10.2 Å². The van der Waals surface area contributed by atoms with Crippen LogP contribution < -0.4 is 10.1 Å². The van der Waals surface area contributed by atoms with Gasteiger partial charge in [-0.15, -0.1) is 0 Å². The molecule has 1 aliphatic heterocycles. The van der Waals surface area contributed by atoms with Gasteiger partial charge < -0.3 is 24.8 Å². The second kappa shape index (κ2) is 6.95. The maximum absolute atomic E-state index is 14.9. The number of fused-ring (bicyclic) bond motifs is 1. The normalized spacial score (nSPS) is 17.8. The van der Waals surface area contributed by atoms with Gasteiger partial charge in [0.1, 0.15) is 5.82 Å². The number of ether oxygens (including phenoxy) is 1. The first kappa shape index (κ1) is 19.3. The molecule has 3 N–H and O–H groups in total. The van der Waals surface area contributed by atoms with E-state index in [4.69, 9.17) is 9.26 Å². The molecule has 2 aromatic carbocycles. The van der Waals surface area contributed by atoms with Gasteiger partial charge in [-0.05, 0) is 41.3 Å². The summed E-state index contributed by atoms with van der Waals surface area (Å²) in [5.74, 6) is -1.38. The molecule has 2 heterocycles. The van der Waals surface area contributed by atoms with Crippen LogP contribution in [0.15, 0.2) is 47.0 Å². The Morgan fingerprint density at radius 3 is 2.58 bits per heavy atom. The molecule has 0 spiro atoms. The van der Waals surface area contributed by atoms with Crippen LogP contribution in [-0.4, -0.2) is 35.0 Å². The van der Waals surface area contributed by atoms with Gasteiger partial charge in [-0.25, -0.2) is 4.39 Å². The molecular weight excluding hydrogens is 403 g/mol. The number of halogens is 1. The number of aliphatic hydroxyl groups excluding tert-OH is 2. The zero-order chi connectivity index (χ0) is 21.8. The second-order valence-corrected chi connectivity index (χ2v) is 7.80. The molecule has 158 valence electrons. The third-order valence-electron chi connectivity index (χ3n) is 5.98. The average molecular weight is 422 g/mol. The van der Waals surface area contributed by atoms with Crippen LogP contribution in [0.5, 0.6) is 5.88 Å². The van der Waals surface area contributed by atoms with E-state index in [-0.39, 0.29) is 40.5 Å². The van der Waals surface area contributed by atoms with Crippen molar-refractivity contribution in [1.29, 1.82) is 0 Å². The number of nitrogens with one attached hydrogen (secondary N) is 1. The van der Waals surface area contributed by atoms with Crippen molar-refractivity contribution in [1.82, 2.24) is 5.16 Å². The van der Waals surface area contributed by atoms with Gasteiger partial charge in [-0.1, -0.05) is 24.3 Å². The summed E-state index contributed by atoms with van der Waals surface area (Å²) in [6.07, 6.45) is 1.87. The molecule has 3 aromatic rings. The number of methoxy groups -OCH3 is 1. The molecule has 0 radical (unpaired) electrons. The van der Waals surface area contributed by atoms with Crippen LogP contribution >= 0.6 is 0 Å². The zero-order valence-electron chi connectivity index (χ0n) is 16.6. The van der Waals surface area contributed by atoms with Gasteiger partial charge >= 0.3 is 0 Å². The smallest absolute Gasteiger partial charge is 0.260 e. The van der Waals surface area contributed by atoms with Gasteiger partial charge in [-0.2, -0.15) is 0 Å². The monoisotopic (exact) mass is 422 g/mol. The van der Waals surface area contributed by atoms with Crippen molar-refractivity contribution in [3.63, 3.8) is 0 Å². The maximum atomic E-state index is 14.9. The average Bonchev–Trinajstić information content (AvgIpc) is 3.31. The Morgan fingerprint density at radius 1 is 1.23 bits per heavy atom. The minimum absolute atomic E-state index is 0.0381. The summed E-state index contributed by atoms with van der Waals surface area (Å²) in [7, 11) is 1.40. The largest absolute Gasteiger partial charge is 0.504 e. The van der Waals surface area contributed by atoms with Crippen LogP contribution in [0.2, 0.25) is 0 Å². The number of aromatic nitrogens is 1. The summed E-state index contributed by atoms with van der Waals surface area (Å²) in [4.78, 5) is 12.5. The van der Waals surface area contributed by atoms with E-state index >= 15 is 0 Å². The Labute approximate surface area is 176 Å². The van der Waals surface area contributed by atoms with E-state index in [1.54, 1.807) is 12.1 Å². The van der Waals surface area contributed by atoms with Crippen molar-refractivity contribution < 1.29 is 28.7 Å². The minimum Gasteiger partial charge on any atom is -0.504 e. The van der Waals surface area contributed by atoms with Gasteiger partial charge in [0.25, 0.3) is 11.8 Å². The lowest BCUT2D eigenvalue weighted by molar-refractivity contribution is -0.110. The van der Waals surface area contributed by atoms with Gasteiger partial charge in [0.2, 0.25) is 5.76 Å². The first-order valence-corrected chi connectivity index (χ1v) is 9.77. The fourth-order valence-corrected chi connectivity index (χ4v) is 3.93. The van der Waals surface area contributed by atoms with Crippen molar-refractivity contribution in [3.8, 4) is 17.0 Å². The lowest BCUT2D eigenvalue weighted by Crippen LogP contribution is -2.11. The van der Waals surface area contributed by atoms with E-state index in [1.807, 2.05) is 12.1 Å². The Morgan fingerprint density at radius 2 is 1.97 bits per heavy atom. The van der Waals surface area contributed by atoms with E-state index in [1.165, 1.54) is 25.3 Å². The highest BCUT2D eigenvalue weighted by molar-refractivity contribution is 6.36. The number of carbonyl (C=O) groups is 1. The molecule has 0 unspecified atom stereocenters. The molecular formula is C23H19FN2O5. The highest BCUT2D eigenvalue weighted by Gasteiger charge is 2.43. The van der Waals surface area contributed by atoms with Crippen molar-refractivity contribution in [2.24, 2.45) is 0 Å². The molecule has 2 aliphatic rings. The van der Waals surface area contributed by atoms with Crippen molar-refractivity contribution in [2.45, 2.75) is 18.3 Å². The van der Waals surface area contributed by atoms with Crippen LogP contribution in [0.1, 0.15) is 29.7 Å². The molecule has 1 saturated carbocycles. The number of nitrogens with zero attached hydrogens (tertiary/aromatic N) is 1. The summed E-state index contributed by atoms with van der Waals surface area (Å²) in [6.45, 7) is 0.0905. The van der Waals surface area contributed by atoms with E-state index in [9.17, 15) is 19.4 Å². The number of carbonyl (C=O) groups excluding carboxylic acids is 1. The van der Waals surface area contributed by atoms with E-state index in [0.29, 0.717) is 11.1 Å². The molecule has 8 heteroatoms. The molecule has 31 heavy (non-hydrogen) atoms. The number of amides is 1. The Balaban J connectivity index is 1.57. The zero-order valence-corrected chi connectivity index (χ0v) is 16.6. The first-order chi connectivity index (χ1) is 15.0. The molecule has 1 aliphatic carbocycles. The number of hydrogen-bond donors (Lipinski definition) is 3. The van der Waals surface area contributed by atoms with Crippen LogP contribution in [0.25, 0.3) is 22.5 Å². The lowest BCUT2D eigenvalue weighted by Gasteiger charge is -2.13. The maximum Gasteiger partial charge on any atom is 0.260 e. The van der Waals surface area contributed by atoms with Crippen molar-refractivity contribution in [3.05, 3.63) is 65.2 Å². The molecule has 0 bridgehead atoms. The molecule has 1 fully saturated rings. The third kappa shape index (κ3) is 3.07. The van der Waals surface area contributed by atoms with Gasteiger partial charge in [0, 0.05) is 16.5 Å². The highest BCUT2D eigenvalue weighted by Crippen LogP contribution is 2.48. The molecule has 0 saturated heterocycles. The number of anilines is 1. The molecule has 5 rings (SSSR count). The van der Waals surface area contributed by atoms with Crippen LogP contribution in [0.3, 0.4) is 0 Å². The molecule has 1 amide bonds. The second-order valence-electron chi connectivity index (χ2n) is 7.80. The standard InChI is InChI=1S/C23H19FN2O5/c1-30-19-10-18(31-26-19)21(28)20-15-8-14(16(24)9-17(15)25-22(20)29)12-2-4-13(5-3-12)23(11-27)6-7-23/h2-5,8-10,27-28H,6-7,11H2,1H3,(H,25,29)/b21-20+. The molecule has 0 atom stereocenters. The molecule has 7 nitrogen and oxygen atoms in total. The van der Waals surface area contributed by atoms with Crippen LogP contribution in [0.4, 0.5) is 10.1 Å². The van der Waals surface area contributed by atoms with E-state index in [0.717, 1.165) is 18.4 Å². The van der Waals surface area contributed by atoms with Gasteiger partial charge in [0.05, 0.1) is 31.0 Å². The number of rotatable bonds is 5. The van der Waals surface area contributed by atoms with Crippen molar-refractivity contribution in [2.75, 3.05) is 19.0 Å². The summed E-state index contributed by atoms with van der Waals surface area (Å²) in [5, 5.41) is 26.5. The molecule has 1 aromatic heterocycles. The van der Waals surface area contributed by atoms with Crippen molar-refractivity contribution >= 4 is 22.9 Å². The summed E-state index contributed by atoms with van der Waals surface area (Å²) in [6, 6.07) is 11.5. The summed E-state index contributed by atoms with van der Waals surface area (Å²) < 4.78 is 24.8. The van der Waals surface area contributed by atoms with E-state index < -0.39 is 17.5 Å². The van der Waals surface area contributed by atoms with Crippen LogP contribution in [0, 0.1) is 5.82 Å². The Bertz CT molecular complexity index is 1230. The Kier molecular flexibility index (Phi) is 4.33. The topological polar surface area (TPSA) is 105 Å². The fraction of sp³-hybridized carbons (Fsp3) is 0.217. The summed E-state index contributed by atoms with van der Waals surface area (Å²) >= 11 is 0. The highest BCUT2D eigenvalue weighted by atomic mass is 19.1. The first-order valence-electron chi connectivity index (χ1n) is 9.77. The van der Waals surface area contributed by atoms with Gasteiger partial charge in [0.15, 0.2) is 5.76 Å². The number of benzene rings is 2. The lowest BCUT2D eigenvalue weighted by atomic mass is 9.93. The van der Waals surface area contributed by atoms with Gasteiger partial charge in [-0.3, -0.25) is 4.79 Å². The number of hydrogen-bond acceptors (Lipinski definition) is 6.